The van der Waals surface area contributed by atoms with Crippen molar-refractivity contribution < 1.29 is 14.3 Å². The summed E-state index contributed by atoms with van der Waals surface area (Å²) in [6.45, 7) is 2.41. The highest BCUT2D eigenvalue weighted by molar-refractivity contribution is 7.98. The largest absolute Gasteiger partial charge is 0.467 e. The van der Waals surface area contributed by atoms with Gasteiger partial charge in [-0.3, -0.25) is 4.79 Å². The van der Waals surface area contributed by atoms with Crippen LogP contribution in [-0.4, -0.2) is 69.6 Å². The molecule has 0 aromatic carbocycles. The van der Waals surface area contributed by atoms with Gasteiger partial charge >= 0.3 is 5.97 Å². The van der Waals surface area contributed by atoms with E-state index in [0.29, 0.717) is 19.3 Å². The second-order valence-corrected chi connectivity index (χ2v) is 9.47. The van der Waals surface area contributed by atoms with Crippen molar-refractivity contribution in [2.75, 3.05) is 37.1 Å². The molecule has 174 valence electrons. The molecule has 0 bridgehead atoms. The third-order valence-corrected chi connectivity index (χ3v) is 7.10. The fourth-order valence-corrected chi connectivity index (χ4v) is 5.10. The molecule has 2 aromatic rings. The molecular formula is C22H32N6O3S. The molecular weight excluding hydrogens is 428 g/mol. The molecule has 4 rings (SSSR count). The number of hydrogen-bond donors (Lipinski definition) is 1. The molecule has 1 fully saturated rings. The normalized spacial score (nSPS) is 18.1. The molecule has 0 aliphatic carbocycles. The highest BCUT2D eigenvalue weighted by atomic mass is 32.2. The van der Waals surface area contributed by atoms with E-state index in [1.165, 1.54) is 13.5 Å². The van der Waals surface area contributed by atoms with Crippen LogP contribution in [0.4, 0.5) is 5.82 Å². The van der Waals surface area contributed by atoms with Crippen molar-refractivity contribution in [1.29, 1.82) is 0 Å². The maximum absolute atomic E-state index is 12.8. The highest BCUT2D eigenvalue weighted by Crippen LogP contribution is 2.29. The van der Waals surface area contributed by atoms with Crippen LogP contribution >= 0.6 is 11.8 Å². The Morgan fingerprint density at radius 1 is 1.22 bits per heavy atom. The Bertz CT molecular complexity index is 957. The van der Waals surface area contributed by atoms with Crippen molar-refractivity contribution in [3.63, 3.8) is 0 Å². The minimum atomic E-state index is -0.583. The number of rotatable bonds is 7. The van der Waals surface area contributed by atoms with E-state index < -0.39 is 6.04 Å². The average molecular weight is 461 g/mol. The predicted octanol–water partition coefficient (Wildman–Crippen LogP) is 2.18. The number of aryl methyl sites for hydroxylation is 2. The standard InChI is InChI=1S/C22H32N6O3S/c1-31-22(30)16(9-13-32-2)25-21(29)15-7-11-27(12-8-15)19-18-20(24-14-23-19)28-10-5-3-4-6-17(28)26-18/h14-16H,3-13H2,1-2H3,(H,25,29)/t16-/m0/s1. The zero-order valence-electron chi connectivity index (χ0n) is 18.9. The summed E-state index contributed by atoms with van der Waals surface area (Å²) in [6.07, 6.45) is 10.1. The lowest BCUT2D eigenvalue weighted by Crippen LogP contribution is -2.47. The summed E-state index contributed by atoms with van der Waals surface area (Å²) < 4.78 is 7.11. The Balaban J connectivity index is 1.42. The van der Waals surface area contributed by atoms with Gasteiger partial charge in [0.2, 0.25) is 5.91 Å². The molecule has 1 atom stereocenters. The van der Waals surface area contributed by atoms with Crippen molar-refractivity contribution in [3.05, 3.63) is 12.2 Å². The van der Waals surface area contributed by atoms with Crippen LogP contribution in [0.25, 0.3) is 11.2 Å². The number of esters is 1. The molecule has 0 radical (unpaired) electrons. The van der Waals surface area contributed by atoms with Crippen LogP contribution in [0.3, 0.4) is 0 Å². The van der Waals surface area contributed by atoms with E-state index in [1.807, 2.05) is 6.26 Å². The van der Waals surface area contributed by atoms with Crippen LogP contribution in [0, 0.1) is 5.92 Å². The maximum Gasteiger partial charge on any atom is 0.328 e. The van der Waals surface area contributed by atoms with Crippen molar-refractivity contribution in [2.24, 2.45) is 5.92 Å². The molecule has 4 heterocycles. The Morgan fingerprint density at radius 2 is 2.03 bits per heavy atom. The summed E-state index contributed by atoms with van der Waals surface area (Å²) in [4.78, 5) is 41.1. The van der Waals surface area contributed by atoms with Crippen molar-refractivity contribution in [2.45, 2.75) is 57.5 Å². The molecule has 32 heavy (non-hydrogen) atoms. The van der Waals surface area contributed by atoms with E-state index in [4.69, 9.17) is 9.72 Å². The summed E-state index contributed by atoms with van der Waals surface area (Å²) in [7, 11) is 1.36. The molecule has 9 nitrogen and oxygen atoms in total. The van der Waals surface area contributed by atoms with E-state index >= 15 is 0 Å². The summed E-state index contributed by atoms with van der Waals surface area (Å²) in [5.74, 6) is 2.19. The van der Waals surface area contributed by atoms with E-state index in [0.717, 1.165) is 67.5 Å². The fourth-order valence-electron chi connectivity index (χ4n) is 4.63. The SMILES string of the molecule is COC(=O)[C@H](CCSC)NC(=O)C1CCN(c2ncnc3c2nc2n3CCCCC2)CC1. The number of piperidine rings is 1. The van der Waals surface area contributed by atoms with Crippen molar-refractivity contribution in [1.82, 2.24) is 24.8 Å². The van der Waals surface area contributed by atoms with Gasteiger partial charge in [0.25, 0.3) is 0 Å². The minimum absolute atomic E-state index is 0.0670. The molecule has 0 saturated carbocycles. The zero-order chi connectivity index (χ0) is 22.5. The number of ether oxygens (including phenoxy) is 1. The summed E-state index contributed by atoms with van der Waals surface area (Å²) in [5, 5.41) is 2.91. The molecule has 0 spiro atoms. The van der Waals surface area contributed by atoms with Crippen LogP contribution in [0.2, 0.25) is 0 Å². The monoisotopic (exact) mass is 460 g/mol. The van der Waals surface area contributed by atoms with E-state index in [9.17, 15) is 9.59 Å². The maximum atomic E-state index is 12.8. The third kappa shape index (κ3) is 4.84. The average Bonchev–Trinajstić information content (AvgIpc) is 3.02. The molecule has 0 unspecified atom stereocenters. The van der Waals surface area contributed by atoms with Crippen molar-refractivity contribution in [3.8, 4) is 0 Å². The van der Waals surface area contributed by atoms with Gasteiger partial charge in [-0.25, -0.2) is 19.7 Å². The molecule has 1 N–H and O–H groups in total. The van der Waals surface area contributed by atoms with Gasteiger partial charge in [-0.2, -0.15) is 11.8 Å². The third-order valence-electron chi connectivity index (χ3n) is 6.45. The molecule has 2 aliphatic heterocycles. The van der Waals surface area contributed by atoms with Gasteiger partial charge in [0.1, 0.15) is 18.2 Å². The second kappa shape index (κ2) is 10.5. The van der Waals surface area contributed by atoms with Gasteiger partial charge in [-0.05, 0) is 44.1 Å². The van der Waals surface area contributed by atoms with Crippen LogP contribution in [0.1, 0.15) is 44.3 Å². The van der Waals surface area contributed by atoms with Gasteiger partial charge in [-0.1, -0.05) is 6.42 Å². The summed E-state index contributed by atoms with van der Waals surface area (Å²) in [6, 6.07) is -0.583. The second-order valence-electron chi connectivity index (χ2n) is 8.49. The number of amides is 1. The first kappa shape index (κ1) is 22.8. The number of carbonyl (C=O) groups is 2. The Labute approximate surface area is 192 Å². The fraction of sp³-hybridized carbons (Fsp3) is 0.682. The summed E-state index contributed by atoms with van der Waals surface area (Å²) in [5.41, 5.74) is 1.79. The number of hydrogen-bond acceptors (Lipinski definition) is 8. The lowest BCUT2D eigenvalue weighted by Gasteiger charge is -2.32. The molecule has 1 amide bonds. The lowest BCUT2D eigenvalue weighted by atomic mass is 9.95. The predicted molar refractivity (Wildman–Crippen MR) is 125 cm³/mol. The van der Waals surface area contributed by atoms with Gasteiger partial charge in [0.05, 0.1) is 7.11 Å². The number of nitrogens with one attached hydrogen (secondary N) is 1. The number of fused-ring (bicyclic) bond motifs is 3. The minimum Gasteiger partial charge on any atom is -0.467 e. The van der Waals surface area contributed by atoms with Gasteiger partial charge < -0.3 is 19.5 Å². The number of thioether (sulfide) groups is 1. The number of anilines is 1. The number of methoxy groups -OCH3 is 1. The van der Waals surface area contributed by atoms with Crippen LogP contribution < -0.4 is 10.2 Å². The van der Waals surface area contributed by atoms with Gasteiger partial charge in [-0.15, -0.1) is 0 Å². The van der Waals surface area contributed by atoms with E-state index in [2.05, 4.69) is 24.8 Å². The molecule has 10 heteroatoms. The van der Waals surface area contributed by atoms with Gasteiger partial charge in [0.15, 0.2) is 17.0 Å². The van der Waals surface area contributed by atoms with Crippen molar-refractivity contribution >= 4 is 40.6 Å². The topological polar surface area (TPSA) is 102 Å². The first-order valence-corrected chi connectivity index (χ1v) is 12.8. The zero-order valence-corrected chi connectivity index (χ0v) is 19.7. The lowest BCUT2D eigenvalue weighted by molar-refractivity contribution is -0.145. The number of nitrogens with zero attached hydrogens (tertiary/aromatic N) is 5. The molecule has 2 aromatic heterocycles. The van der Waals surface area contributed by atoms with E-state index in [1.54, 1.807) is 18.1 Å². The quantitative estimate of drug-likeness (QED) is 0.628. The Morgan fingerprint density at radius 3 is 2.78 bits per heavy atom. The Hall–Kier alpha value is -2.36. The highest BCUT2D eigenvalue weighted by Gasteiger charge is 2.30. The summed E-state index contributed by atoms with van der Waals surface area (Å²) >= 11 is 1.64. The first-order chi connectivity index (χ1) is 15.6. The molecule has 2 aliphatic rings. The number of imidazole rings is 1. The first-order valence-electron chi connectivity index (χ1n) is 11.4. The number of aromatic nitrogens is 4. The molecule has 1 saturated heterocycles. The van der Waals surface area contributed by atoms with Crippen LogP contribution in [-0.2, 0) is 27.3 Å². The van der Waals surface area contributed by atoms with Crippen LogP contribution in [0.5, 0.6) is 0 Å². The smallest absolute Gasteiger partial charge is 0.328 e. The number of carbonyl (C=O) groups excluding carboxylic acids is 2. The van der Waals surface area contributed by atoms with E-state index in [-0.39, 0.29) is 17.8 Å². The van der Waals surface area contributed by atoms with Gasteiger partial charge in [0, 0.05) is 32.0 Å². The van der Waals surface area contributed by atoms with Crippen LogP contribution in [0.15, 0.2) is 6.33 Å². The Kier molecular flexibility index (Phi) is 7.49.